The maximum absolute atomic E-state index is 13.6. The van der Waals surface area contributed by atoms with Gasteiger partial charge >= 0.3 is 0 Å². The highest BCUT2D eigenvalue weighted by atomic mass is 35.5. The largest absolute Gasteiger partial charge is 0.467 e. The minimum Gasteiger partial charge on any atom is -0.467 e. The molecule has 1 atom stereocenters. The average Bonchev–Trinajstić information content (AvgIpc) is 3.12. The van der Waals surface area contributed by atoms with Crippen LogP contribution in [0.3, 0.4) is 0 Å². The number of hydrogen-bond acceptors (Lipinski definition) is 3. The summed E-state index contributed by atoms with van der Waals surface area (Å²) in [5.41, 5.74) is 0.598. The van der Waals surface area contributed by atoms with Gasteiger partial charge in [-0.3, -0.25) is 0 Å². The third-order valence-electron chi connectivity index (χ3n) is 3.17. The van der Waals surface area contributed by atoms with Crippen molar-refractivity contribution in [1.82, 2.24) is 9.55 Å². The average molecular weight is 306 g/mol. The van der Waals surface area contributed by atoms with E-state index in [1.54, 1.807) is 24.6 Å². The van der Waals surface area contributed by atoms with Gasteiger partial charge in [-0.1, -0.05) is 11.6 Å². The number of aromatic nitrogens is 2. The quantitative estimate of drug-likeness (QED) is 0.792. The molecule has 0 spiro atoms. The van der Waals surface area contributed by atoms with Crippen LogP contribution in [-0.2, 0) is 7.05 Å². The molecule has 21 heavy (non-hydrogen) atoms. The molecule has 2 heterocycles. The topological polar surface area (TPSA) is 43.0 Å². The van der Waals surface area contributed by atoms with Crippen molar-refractivity contribution in [3.8, 4) is 0 Å². The Morgan fingerprint density at radius 3 is 2.86 bits per heavy atom. The Balaban J connectivity index is 1.97. The van der Waals surface area contributed by atoms with Crippen molar-refractivity contribution in [2.75, 3.05) is 5.32 Å². The van der Waals surface area contributed by atoms with Crippen LogP contribution in [0.15, 0.2) is 53.4 Å². The Morgan fingerprint density at radius 1 is 1.38 bits per heavy atom. The van der Waals surface area contributed by atoms with Gasteiger partial charge in [-0.2, -0.15) is 0 Å². The zero-order valence-corrected chi connectivity index (χ0v) is 12.0. The van der Waals surface area contributed by atoms with Crippen molar-refractivity contribution in [2.24, 2.45) is 7.05 Å². The minimum absolute atomic E-state index is 0.0899. The molecule has 0 saturated carbocycles. The van der Waals surface area contributed by atoms with Gasteiger partial charge < -0.3 is 14.3 Å². The third kappa shape index (κ3) is 2.78. The van der Waals surface area contributed by atoms with Crippen LogP contribution in [0.4, 0.5) is 10.1 Å². The van der Waals surface area contributed by atoms with Crippen LogP contribution in [0, 0.1) is 5.82 Å². The van der Waals surface area contributed by atoms with E-state index in [9.17, 15) is 4.39 Å². The van der Waals surface area contributed by atoms with Crippen LogP contribution in [0.2, 0.25) is 5.02 Å². The SMILES string of the molecule is Cn1ccnc1C(Nc1ccc(Cl)c(F)c1)c1ccco1. The summed E-state index contributed by atoms with van der Waals surface area (Å²) < 4.78 is 20.9. The van der Waals surface area contributed by atoms with Gasteiger partial charge in [0.25, 0.3) is 0 Å². The Bertz CT molecular complexity index is 739. The van der Waals surface area contributed by atoms with E-state index in [4.69, 9.17) is 16.0 Å². The smallest absolute Gasteiger partial charge is 0.143 e. The zero-order chi connectivity index (χ0) is 14.8. The normalized spacial score (nSPS) is 12.3. The van der Waals surface area contributed by atoms with Gasteiger partial charge in [0.15, 0.2) is 0 Å². The van der Waals surface area contributed by atoms with Crippen molar-refractivity contribution in [3.63, 3.8) is 0 Å². The van der Waals surface area contributed by atoms with Crippen molar-refractivity contribution < 1.29 is 8.81 Å². The molecule has 0 aliphatic heterocycles. The summed E-state index contributed by atoms with van der Waals surface area (Å²) in [6.07, 6.45) is 5.14. The molecule has 3 rings (SSSR count). The number of aryl methyl sites for hydroxylation is 1. The van der Waals surface area contributed by atoms with E-state index < -0.39 is 5.82 Å². The lowest BCUT2D eigenvalue weighted by molar-refractivity contribution is 0.488. The van der Waals surface area contributed by atoms with Crippen LogP contribution in [0.5, 0.6) is 0 Å². The standard InChI is InChI=1S/C15H13ClFN3O/c1-20-7-6-18-15(20)14(13-3-2-8-21-13)19-10-4-5-11(16)12(17)9-10/h2-9,14,19H,1H3. The molecule has 3 aromatic rings. The summed E-state index contributed by atoms with van der Waals surface area (Å²) in [7, 11) is 1.89. The van der Waals surface area contributed by atoms with E-state index >= 15 is 0 Å². The molecule has 0 aliphatic carbocycles. The van der Waals surface area contributed by atoms with Crippen LogP contribution in [-0.4, -0.2) is 9.55 Å². The number of benzene rings is 1. The van der Waals surface area contributed by atoms with Gasteiger partial charge in [-0.05, 0) is 30.3 Å². The number of anilines is 1. The summed E-state index contributed by atoms with van der Waals surface area (Å²) in [6.45, 7) is 0. The third-order valence-corrected chi connectivity index (χ3v) is 3.48. The van der Waals surface area contributed by atoms with E-state index in [1.165, 1.54) is 12.1 Å². The van der Waals surface area contributed by atoms with Crippen LogP contribution >= 0.6 is 11.6 Å². The summed E-state index contributed by atoms with van der Waals surface area (Å²) in [5.74, 6) is 0.986. The van der Waals surface area contributed by atoms with E-state index in [0.29, 0.717) is 11.4 Å². The van der Waals surface area contributed by atoms with Crippen molar-refractivity contribution in [2.45, 2.75) is 6.04 Å². The first-order chi connectivity index (χ1) is 10.1. The molecule has 0 saturated heterocycles. The highest BCUT2D eigenvalue weighted by Crippen LogP contribution is 2.27. The van der Waals surface area contributed by atoms with Crippen LogP contribution < -0.4 is 5.32 Å². The summed E-state index contributed by atoms with van der Waals surface area (Å²) in [5, 5.41) is 3.31. The fourth-order valence-corrected chi connectivity index (χ4v) is 2.24. The Kier molecular flexibility index (Phi) is 3.66. The molecular weight excluding hydrogens is 293 g/mol. The predicted molar refractivity (Wildman–Crippen MR) is 78.8 cm³/mol. The lowest BCUT2D eigenvalue weighted by Gasteiger charge is -2.18. The second-order valence-corrected chi connectivity index (χ2v) is 5.03. The summed E-state index contributed by atoms with van der Waals surface area (Å²) in [6, 6.07) is 7.90. The number of hydrogen-bond donors (Lipinski definition) is 1. The lowest BCUT2D eigenvalue weighted by Crippen LogP contribution is -2.16. The van der Waals surface area contributed by atoms with Crippen LogP contribution in [0.1, 0.15) is 17.6 Å². The number of halogens is 2. The molecule has 0 radical (unpaired) electrons. The molecule has 108 valence electrons. The van der Waals surface area contributed by atoms with E-state index in [2.05, 4.69) is 10.3 Å². The van der Waals surface area contributed by atoms with Gasteiger partial charge in [0.2, 0.25) is 0 Å². The number of nitrogens with one attached hydrogen (secondary N) is 1. The Labute approximate surface area is 126 Å². The first-order valence-electron chi connectivity index (χ1n) is 6.37. The van der Waals surface area contributed by atoms with Gasteiger partial charge in [-0.15, -0.1) is 0 Å². The molecule has 6 heteroatoms. The fourth-order valence-electron chi connectivity index (χ4n) is 2.13. The maximum Gasteiger partial charge on any atom is 0.143 e. The molecule has 1 N–H and O–H groups in total. The van der Waals surface area contributed by atoms with Gasteiger partial charge in [0, 0.05) is 25.1 Å². The highest BCUT2D eigenvalue weighted by Gasteiger charge is 2.21. The lowest BCUT2D eigenvalue weighted by atomic mass is 10.2. The molecule has 0 bridgehead atoms. The second-order valence-electron chi connectivity index (χ2n) is 4.62. The molecule has 4 nitrogen and oxygen atoms in total. The Hall–Kier alpha value is -2.27. The van der Waals surface area contributed by atoms with E-state index in [1.807, 2.05) is 23.9 Å². The molecule has 0 fully saturated rings. The predicted octanol–water partition coefficient (Wildman–Crippen LogP) is 4.01. The zero-order valence-electron chi connectivity index (χ0n) is 11.3. The second kappa shape index (κ2) is 5.61. The van der Waals surface area contributed by atoms with Crippen molar-refractivity contribution >= 4 is 17.3 Å². The minimum atomic E-state index is -0.472. The van der Waals surface area contributed by atoms with E-state index in [-0.39, 0.29) is 11.1 Å². The van der Waals surface area contributed by atoms with Crippen molar-refractivity contribution in [3.05, 3.63) is 71.4 Å². The number of furan rings is 1. The molecule has 0 aliphatic rings. The first kappa shape index (κ1) is 13.7. The van der Waals surface area contributed by atoms with E-state index in [0.717, 1.165) is 5.82 Å². The molecular formula is C15H13ClFN3O. The fraction of sp³-hybridized carbons (Fsp3) is 0.133. The number of imidazole rings is 1. The molecule has 2 aromatic heterocycles. The van der Waals surface area contributed by atoms with Crippen LogP contribution in [0.25, 0.3) is 0 Å². The highest BCUT2D eigenvalue weighted by molar-refractivity contribution is 6.30. The van der Waals surface area contributed by atoms with Gasteiger partial charge in [0.05, 0.1) is 11.3 Å². The molecule has 1 unspecified atom stereocenters. The summed E-state index contributed by atoms with van der Waals surface area (Å²) in [4.78, 5) is 4.33. The monoisotopic (exact) mass is 305 g/mol. The maximum atomic E-state index is 13.6. The Morgan fingerprint density at radius 2 is 2.24 bits per heavy atom. The van der Waals surface area contributed by atoms with Crippen molar-refractivity contribution in [1.29, 1.82) is 0 Å². The number of nitrogens with zero attached hydrogens (tertiary/aromatic N) is 2. The summed E-state index contributed by atoms with van der Waals surface area (Å²) >= 11 is 5.70. The molecule has 0 amide bonds. The number of rotatable bonds is 4. The first-order valence-corrected chi connectivity index (χ1v) is 6.75. The van der Waals surface area contributed by atoms with Gasteiger partial charge in [-0.25, -0.2) is 9.37 Å². The molecule has 1 aromatic carbocycles. The van der Waals surface area contributed by atoms with Gasteiger partial charge in [0.1, 0.15) is 23.4 Å².